The van der Waals surface area contributed by atoms with Gasteiger partial charge in [-0.1, -0.05) is 47.5 Å². The van der Waals surface area contributed by atoms with Crippen LogP contribution in [0.3, 0.4) is 0 Å². The first-order valence-electron chi connectivity index (χ1n) is 5.90. The summed E-state index contributed by atoms with van der Waals surface area (Å²) >= 11 is 12.1. The van der Waals surface area contributed by atoms with Gasteiger partial charge < -0.3 is 5.32 Å². The standard InChI is InChI=1S/C15H13Cl2NO/c16-14-7-4-8-15(17)13(14)9-12(19)10-18-11-5-2-1-3-6-11/h1-8,18H,9-10H2. The largest absolute Gasteiger partial charge is 0.378 e. The first kappa shape index (κ1) is 13.9. The fourth-order valence-electron chi connectivity index (χ4n) is 1.72. The molecule has 0 aliphatic carbocycles. The van der Waals surface area contributed by atoms with Crippen LogP contribution in [0.5, 0.6) is 0 Å². The van der Waals surface area contributed by atoms with E-state index in [-0.39, 0.29) is 18.7 Å². The molecule has 4 heteroatoms. The van der Waals surface area contributed by atoms with Crippen LogP contribution in [0.2, 0.25) is 10.0 Å². The molecule has 0 aliphatic heterocycles. The van der Waals surface area contributed by atoms with E-state index in [0.717, 1.165) is 5.69 Å². The van der Waals surface area contributed by atoms with Crippen LogP contribution in [-0.4, -0.2) is 12.3 Å². The topological polar surface area (TPSA) is 29.1 Å². The molecule has 2 rings (SSSR count). The second kappa shape index (κ2) is 6.60. The molecule has 0 radical (unpaired) electrons. The Morgan fingerprint density at radius 1 is 0.947 bits per heavy atom. The fraction of sp³-hybridized carbons (Fsp3) is 0.133. The minimum absolute atomic E-state index is 0.0406. The van der Waals surface area contributed by atoms with E-state index in [2.05, 4.69) is 5.32 Å². The van der Waals surface area contributed by atoms with E-state index < -0.39 is 0 Å². The predicted molar refractivity (Wildman–Crippen MR) is 80.1 cm³/mol. The Bertz CT molecular complexity index is 549. The van der Waals surface area contributed by atoms with Crippen LogP contribution in [0.1, 0.15) is 5.56 Å². The number of carbonyl (C=O) groups is 1. The Morgan fingerprint density at radius 2 is 1.58 bits per heavy atom. The summed E-state index contributed by atoms with van der Waals surface area (Å²) < 4.78 is 0. The quantitative estimate of drug-likeness (QED) is 0.894. The molecule has 0 saturated heterocycles. The molecule has 98 valence electrons. The van der Waals surface area contributed by atoms with Crippen molar-refractivity contribution in [3.63, 3.8) is 0 Å². The summed E-state index contributed by atoms with van der Waals surface area (Å²) in [4.78, 5) is 11.9. The van der Waals surface area contributed by atoms with Crippen LogP contribution in [-0.2, 0) is 11.2 Å². The van der Waals surface area contributed by atoms with Crippen LogP contribution in [0.15, 0.2) is 48.5 Å². The molecule has 0 fully saturated rings. The van der Waals surface area contributed by atoms with Gasteiger partial charge in [0.2, 0.25) is 0 Å². The Labute approximate surface area is 122 Å². The van der Waals surface area contributed by atoms with Crippen molar-refractivity contribution in [2.45, 2.75) is 6.42 Å². The summed E-state index contributed by atoms with van der Waals surface area (Å²) in [6.07, 6.45) is 0.234. The number of hydrogen-bond acceptors (Lipinski definition) is 2. The molecule has 0 spiro atoms. The van der Waals surface area contributed by atoms with Gasteiger partial charge in [-0.05, 0) is 29.8 Å². The number of carbonyl (C=O) groups excluding carboxylic acids is 1. The molecule has 0 amide bonds. The third kappa shape index (κ3) is 3.98. The Morgan fingerprint density at radius 3 is 2.21 bits per heavy atom. The molecule has 1 N–H and O–H groups in total. The molecular weight excluding hydrogens is 281 g/mol. The van der Waals surface area contributed by atoms with Crippen molar-refractivity contribution in [3.8, 4) is 0 Å². The zero-order valence-electron chi connectivity index (χ0n) is 10.2. The Kier molecular flexibility index (Phi) is 4.83. The molecule has 2 aromatic carbocycles. The summed E-state index contributed by atoms with van der Waals surface area (Å²) in [5.74, 6) is 0.0406. The van der Waals surface area contributed by atoms with Crippen LogP contribution in [0.4, 0.5) is 5.69 Å². The molecule has 2 aromatic rings. The molecule has 0 aromatic heterocycles. The number of Topliss-reactive ketones (excluding diaryl/α,β-unsaturated/α-hetero) is 1. The highest BCUT2D eigenvalue weighted by atomic mass is 35.5. The van der Waals surface area contributed by atoms with Gasteiger partial charge in [0, 0.05) is 22.2 Å². The normalized spacial score (nSPS) is 10.2. The third-order valence-electron chi connectivity index (χ3n) is 2.70. The molecule has 0 atom stereocenters. The zero-order chi connectivity index (χ0) is 13.7. The Hall–Kier alpha value is -1.51. The molecule has 0 saturated carbocycles. The molecule has 0 bridgehead atoms. The number of ketones is 1. The summed E-state index contributed by atoms with van der Waals surface area (Å²) in [6.45, 7) is 0.256. The fourth-order valence-corrected chi connectivity index (χ4v) is 2.25. The number of benzene rings is 2. The SMILES string of the molecule is O=C(CNc1ccccc1)Cc1c(Cl)cccc1Cl. The Balaban J connectivity index is 1.95. The molecule has 0 unspecified atom stereocenters. The summed E-state index contributed by atoms with van der Waals surface area (Å²) in [7, 11) is 0. The van der Waals surface area contributed by atoms with Crippen LogP contribution < -0.4 is 5.32 Å². The summed E-state index contributed by atoms with van der Waals surface area (Å²) in [6, 6.07) is 14.8. The average molecular weight is 294 g/mol. The van der Waals surface area contributed by atoms with Crippen molar-refractivity contribution in [1.29, 1.82) is 0 Å². The first-order valence-corrected chi connectivity index (χ1v) is 6.66. The van der Waals surface area contributed by atoms with E-state index in [1.807, 2.05) is 30.3 Å². The van der Waals surface area contributed by atoms with E-state index in [4.69, 9.17) is 23.2 Å². The third-order valence-corrected chi connectivity index (χ3v) is 3.41. The maximum atomic E-state index is 11.9. The van der Waals surface area contributed by atoms with Gasteiger partial charge in [0.25, 0.3) is 0 Å². The van der Waals surface area contributed by atoms with Crippen molar-refractivity contribution >= 4 is 34.7 Å². The van der Waals surface area contributed by atoms with Gasteiger partial charge in [-0.15, -0.1) is 0 Å². The van der Waals surface area contributed by atoms with E-state index in [1.54, 1.807) is 18.2 Å². The van der Waals surface area contributed by atoms with Crippen LogP contribution >= 0.6 is 23.2 Å². The first-order chi connectivity index (χ1) is 9.16. The monoisotopic (exact) mass is 293 g/mol. The molecule has 19 heavy (non-hydrogen) atoms. The summed E-state index contributed by atoms with van der Waals surface area (Å²) in [5.41, 5.74) is 1.60. The van der Waals surface area contributed by atoms with Gasteiger partial charge in [-0.2, -0.15) is 0 Å². The highest BCUT2D eigenvalue weighted by Gasteiger charge is 2.10. The van der Waals surface area contributed by atoms with Crippen molar-refractivity contribution in [2.24, 2.45) is 0 Å². The van der Waals surface area contributed by atoms with E-state index >= 15 is 0 Å². The lowest BCUT2D eigenvalue weighted by Gasteiger charge is -2.08. The lowest BCUT2D eigenvalue weighted by molar-refractivity contribution is -0.116. The molecule has 0 aliphatic rings. The van der Waals surface area contributed by atoms with Crippen molar-refractivity contribution in [3.05, 3.63) is 64.1 Å². The van der Waals surface area contributed by atoms with Gasteiger partial charge in [0.05, 0.1) is 6.54 Å². The predicted octanol–water partition coefficient (Wildman–Crippen LogP) is 4.22. The van der Waals surface area contributed by atoms with Gasteiger partial charge in [-0.25, -0.2) is 0 Å². The van der Waals surface area contributed by atoms with E-state index in [9.17, 15) is 4.79 Å². The summed E-state index contributed by atoms with van der Waals surface area (Å²) in [5, 5.41) is 4.12. The highest BCUT2D eigenvalue weighted by molar-refractivity contribution is 6.36. The van der Waals surface area contributed by atoms with Gasteiger partial charge in [-0.3, -0.25) is 4.79 Å². The van der Waals surface area contributed by atoms with Crippen LogP contribution in [0.25, 0.3) is 0 Å². The smallest absolute Gasteiger partial charge is 0.156 e. The number of nitrogens with one attached hydrogen (secondary N) is 1. The number of rotatable bonds is 5. The average Bonchev–Trinajstić information content (AvgIpc) is 2.42. The van der Waals surface area contributed by atoms with Gasteiger partial charge in [0.1, 0.15) is 0 Å². The zero-order valence-corrected chi connectivity index (χ0v) is 11.7. The number of para-hydroxylation sites is 1. The second-order valence-corrected chi connectivity index (χ2v) is 4.95. The number of hydrogen-bond donors (Lipinski definition) is 1. The lowest BCUT2D eigenvalue weighted by Crippen LogP contribution is -2.16. The number of anilines is 1. The maximum absolute atomic E-state index is 11.9. The van der Waals surface area contributed by atoms with Crippen molar-refractivity contribution in [2.75, 3.05) is 11.9 Å². The van der Waals surface area contributed by atoms with Crippen molar-refractivity contribution < 1.29 is 4.79 Å². The highest BCUT2D eigenvalue weighted by Crippen LogP contribution is 2.24. The lowest BCUT2D eigenvalue weighted by atomic mass is 10.1. The number of halogens is 2. The minimum Gasteiger partial charge on any atom is -0.378 e. The minimum atomic E-state index is 0.0406. The van der Waals surface area contributed by atoms with Gasteiger partial charge >= 0.3 is 0 Å². The molecular formula is C15H13Cl2NO. The molecule has 2 nitrogen and oxygen atoms in total. The van der Waals surface area contributed by atoms with E-state index in [1.165, 1.54) is 0 Å². The van der Waals surface area contributed by atoms with Crippen LogP contribution in [0, 0.1) is 0 Å². The maximum Gasteiger partial charge on any atom is 0.156 e. The second-order valence-electron chi connectivity index (χ2n) is 4.14. The van der Waals surface area contributed by atoms with E-state index in [0.29, 0.717) is 15.6 Å². The van der Waals surface area contributed by atoms with Crippen molar-refractivity contribution in [1.82, 2.24) is 0 Å². The van der Waals surface area contributed by atoms with Gasteiger partial charge in [0.15, 0.2) is 5.78 Å². The molecule has 0 heterocycles.